The molecule has 0 bridgehead atoms. The first kappa shape index (κ1) is 15.1. The van der Waals surface area contributed by atoms with Gasteiger partial charge in [0.15, 0.2) is 11.5 Å². The molecule has 0 spiro atoms. The van der Waals surface area contributed by atoms with Crippen LogP contribution >= 0.6 is 0 Å². The molecule has 0 saturated carbocycles. The lowest BCUT2D eigenvalue weighted by Crippen LogP contribution is -2.48. The normalized spacial score (nSPS) is 14.5. The standard InChI is InChI=1S/C17H14N4O4/c18-11-12-17(25-15(19-12)13-3-1-9-23-13)21-7-5-20(6-8-21)16(22)14-4-2-10-24-14/h1-4,9-10H,5-8H2. The van der Waals surface area contributed by atoms with Gasteiger partial charge in [0.05, 0.1) is 12.5 Å². The minimum absolute atomic E-state index is 0.140. The van der Waals surface area contributed by atoms with Gasteiger partial charge in [0.25, 0.3) is 11.8 Å². The Labute approximate surface area is 142 Å². The Bertz CT molecular complexity index is 897. The van der Waals surface area contributed by atoms with Gasteiger partial charge in [0, 0.05) is 26.2 Å². The predicted molar refractivity (Wildman–Crippen MR) is 85.7 cm³/mol. The van der Waals surface area contributed by atoms with E-state index < -0.39 is 0 Å². The largest absolute Gasteiger partial charge is 0.459 e. The first-order valence-corrected chi connectivity index (χ1v) is 7.79. The fourth-order valence-corrected chi connectivity index (χ4v) is 2.77. The summed E-state index contributed by atoms with van der Waals surface area (Å²) in [5.41, 5.74) is 0.206. The van der Waals surface area contributed by atoms with Crippen molar-refractivity contribution in [3.63, 3.8) is 0 Å². The SMILES string of the molecule is N#Cc1nc(-c2ccco2)oc1N1CCN(C(=O)c2ccco2)CC1. The molecule has 8 nitrogen and oxygen atoms in total. The van der Waals surface area contributed by atoms with Gasteiger partial charge in [-0.1, -0.05) is 0 Å². The van der Waals surface area contributed by atoms with E-state index in [9.17, 15) is 10.1 Å². The van der Waals surface area contributed by atoms with E-state index in [-0.39, 0.29) is 17.5 Å². The number of anilines is 1. The van der Waals surface area contributed by atoms with Crippen molar-refractivity contribution in [2.75, 3.05) is 31.1 Å². The predicted octanol–water partition coefficient (Wildman–Crippen LogP) is 2.36. The Balaban J connectivity index is 1.49. The van der Waals surface area contributed by atoms with E-state index in [1.165, 1.54) is 12.5 Å². The van der Waals surface area contributed by atoms with Gasteiger partial charge >= 0.3 is 0 Å². The van der Waals surface area contributed by atoms with Crippen LogP contribution in [0.2, 0.25) is 0 Å². The third kappa shape index (κ3) is 2.76. The van der Waals surface area contributed by atoms with Crippen molar-refractivity contribution >= 4 is 11.8 Å². The second-order valence-corrected chi connectivity index (χ2v) is 5.52. The molecule has 4 heterocycles. The van der Waals surface area contributed by atoms with Gasteiger partial charge in [-0.15, -0.1) is 0 Å². The Morgan fingerprint density at radius 1 is 1.12 bits per heavy atom. The molecule has 8 heteroatoms. The zero-order chi connectivity index (χ0) is 17.2. The molecule has 0 unspecified atom stereocenters. The molecule has 1 aliphatic heterocycles. The van der Waals surface area contributed by atoms with Gasteiger partial charge in [-0.05, 0) is 24.3 Å². The molecule has 0 atom stereocenters. The number of nitrogens with zero attached hydrogens (tertiary/aromatic N) is 4. The smallest absolute Gasteiger partial charge is 0.289 e. The highest BCUT2D eigenvalue weighted by molar-refractivity contribution is 5.91. The van der Waals surface area contributed by atoms with Crippen LogP contribution in [0.25, 0.3) is 11.7 Å². The van der Waals surface area contributed by atoms with Gasteiger partial charge in [0.2, 0.25) is 11.6 Å². The van der Waals surface area contributed by atoms with E-state index in [0.29, 0.717) is 43.6 Å². The first-order chi connectivity index (χ1) is 12.3. The number of amides is 1. The molecule has 0 aliphatic carbocycles. The average molecular weight is 338 g/mol. The summed E-state index contributed by atoms with van der Waals surface area (Å²) in [6.45, 7) is 2.07. The van der Waals surface area contributed by atoms with Gasteiger partial charge < -0.3 is 23.1 Å². The lowest BCUT2D eigenvalue weighted by atomic mass is 10.2. The van der Waals surface area contributed by atoms with Crippen molar-refractivity contribution in [1.82, 2.24) is 9.88 Å². The number of oxazole rings is 1. The summed E-state index contributed by atoms with van der Waals surface area (Å²) in [7, 11) is 0. The van der Waals surface area contributed by atoms with Gasteiger partial charge in [-0.3, -0.25) is 4.79 Å². The summed E-state index contributed by atoms with van der Waals surface area (Å²) in [6.07, 6.45) is 3.00. The van der Waals surface area contributed by atoms with Crippen LogP contribution in [0, 0.1) is 11.3 Å². The van der Waals surface area contributed by atoms with E-state index in [2.05, 4.69) is 4.98 Å². The number of nitriles is 1. The third-order valence-electron chi connectivity index (χ3n) is 4.03. The maximum absolute atomic E-state index is 12.3. The highest BCUT2D eigenvalue weighted by Crippen LogP contribution is 2.29. The van der Waals surface area contributed by atoms with Gasteiger partial charge in [-0.25, -0.2) is 0 Å². The first-order valence-electron chi connectivity index (χ1n) is 7.79. The molecular formula is C17H14N4O4. The lowest BCUT2D eigenvalue weighted by molar-refractivity contribution is 0.0713. The van der Waals surface area contributed by atoms with E-state index in [1.54, 1.807) is 29.2 Å². The van der Waals surface area contributed by atoms with Crippen molar-refractivity contribution in [3.8, 4) is 17.7 Å². The van der Waals surface area contributed by atoms with E-state index >= 15 is 0 Å². The van der Waals surface area contributed by atoms with E-state index in [1.807, 2.05) is 11.0 Å². The van der Waals surface area contributed by atoms with Crippen molar-refractivity contribution in [2.45, 2.75) is 0 Å². The molecule has 1 saturated heterocycles. The molecule has 4 rings (SSSR count). The summed E-state index contributed by atoms with van der Waals surface area (Å²) in [5.74, 6) is 1.32. The minimum Gasteiger partial charge on any atom is -0.459 e. The molecule has 3 aromatic heterocycles. The van der Waals surface area contributed by atoms with Crippen molar-refractivity contribution < 1.29 is 18.0 Å². The van der Waals surface area contributed by atoms with E-state index in [0.717, 1.165) is 0 Å². The summed E-state index contributed by atoms with van der Waals surface area (Å²) >= 11 is 0. The number of aromatic nitrogens is 1. The Hall–Kier alpha value is -3.47. The number of piperazine rings is 1. The monoisotopic (exact) mass is 338 g/mol. The van der Waals surface area contributed by atoms with E-state index in [4.69, 9.17) is 13.3 Å². The van der Waals surface area contributed by atoms with Gasteiger partial charge in [-0.2, -0.15) is 10.2 Å². The number of hydrogen-bond acceptors (Lipinski definition) is 7. The average Bonchev–Trinajstić information content (AvgIpc) is 3.42. The second kappa shape index (κ2) is 6.20. The maximum Gasteiger partial charge on any atom is 0.289 e. The summed E-state index contributed by atoms with van der Waals surface area (Å²) in [6, 6.07) is 8.83. The van der Waals surface area contributed by atoms with Gasteiger partial charge in [0.1, 0.15) is 6.07 Å². The number of carbonyl (C=O) groups is 1. The molecule has 1 aliphatic rings. The van der Waals surface area contributed by atoms with Crippen LogP contribution in [0.15, 0.2) is 50.0 Å². The zero-order valence-electron chi connectivity index (χ0n) is 13.2. The van der Waals surface area contributed by atoms with Crippen LogP contribution in [0.1, 0.15) is 16.2 Å². The summed E-state index contributed by atoms with van der Waals surface area (Å²) in [5, 5.41) is 9.32. The fourth-order valence-electron chi connectivity index (χ4n) is 2.77. The van der Waals surface area contributed by atoms with Crippen LogP contribution in [-0.2, 0) is 0 Å². The zero-order valence-corrected chi connectivity index (χ0v) is 13.2. The maximum atomic E-state index is 12.3. The minimum atomic E-state index is -0.140. The molecule has 1 amide bonds. The topological polar surface area (TPSA) is 99.6 Å². The summed E-state index contributed by atoms with van der Waals surface area (Å²) < 4.78 is 16.2. The molecule has 0 aromatic carbocycles. The highest BCUT2D eigenvalue weighted by Gasteiger charge is 2.28. The van der Waals surface area contributed by atoms with Crippen LogP contribution in [0.3, 0.4) is 0 Å². The highest BCUT2D eigenvalue weighted by atomic mass is 16.4. The van der Waals surface area contributed by atoms with Crippen molar-refractivity contribution in [3.05, 3.63) is 48.2 Å². The van der Waals surface area contributed by atoms with Crippen LogP contribution in [0.4, 0.5) is 5.88 Å². The Kier molecular flexibility index (Phi) is 3.74. The van der Waals surface area contributed by atoms with Crippen LogP contribution < -0.4 is 4.90 Å². The molecule has 126 valence electrons. The number of hydrogen-bond donors (Lipinski definition) is 0. The van der Waals surface area contributed by atoms with Crippen molar-refractivity contribution in [2.24, 2.45) is 0 Å². The quantitative estimate of drug-likeness (QED) is 0.722. The van der Waals surface area contributed by atoms with Crippen molar-refractivity contribution in [1.29, 1.82) is 5.26 Å². The number of furan rings is 2. The Morgan fingerprint density at radius 3 is 2.52 bits per heavy atom. The lowest BCUT2D eigenvalue weighted by Gasteiger charge is -2.34. The third-order valence-corrected chi connectivity index (χ3v) is 4.03. The number of carbonyl (C=O) groups excluding carboxylic acids is 1. The molecular weight excluding hydrogens is 324 g/mol. The molecule has 0 radical (unpaired) electrons. The fraction of sp³-hybridized carbons (Fsp3) is 0.235. The molecule has 3 aromatic rings. The molecule has 25 heavy (non-hydrogen) atoms. The number of rotatable bonds is 3. The van der Waals surface area contributed by atoms with Crippen LogP contribution in [-0.4, -0.2) is 42.0 Å². The molecule has 1 fully saturated rings. The molecule has 0 N–H and O–H groups in total. The van der Waals surface area contributed by atoms with Crippen LogP contribution in [0.5, 0.6) is 0 Å². The Morgan fingerprint density at radius 2 is 1.88 bits per heavy atom. The summed E-state index contributed by atoms with van der Waals surface area (Å²) in [4.78, 5) is 20.1. The second-order valence-electron chi connectivity index (χ2n) is 5.52.